The van der Waals surface area contributed by atoms with Crippen molar-refractivity contribution in [2.45, 2.75) is 6.61 Å². The number of fused-ring (bicyclic) bond motifs is 1. The topological polar surface area (TPSA) is 59.2 Å². The molecule has 0 bridgehead atoms. The van der Waals surface area contributed by atoms with Crippen LogP contribution in [0.1, 0.15) is 16.1 Å². The Morgan fingerprint density at radius 1 is 1.09 bits per heavy atom. The van der Waals surface area contributed by atoms with Gasteiger partial charge in [0.1, 0.15) is 12.3 Å². The summed E-state index contributed by atoms with van der Waals surface area (Å²) in [5.74, 6) is -0.553. The Morgan fingerprint density at radius 3 is 2.73 bits per heavy atom. The molecular formula is C17H12BrNO3. The average molecular weight is 358 g/mol. The normalized spacial score (nSPS) is 10.6. The van der Waals surface area contributed by atoms with Crippen LogP contribution in [0.5, 0.6) is 0 Å². The zero-order chi connectivity index (χ0) is 15.5. The van der Waals surface area contributed by atoms with Crippen molar-refractivity contribution in [3.63, 3.8) is 0 Å². The third-order valence-electron chi connectivity index (χ3n) is 3.22. The molecule has 0 atom stereocenters. The fraction of sp³-hybridized carbons (Fsp3) is 0.0588. The van der Waals surface area contributed by atoms with Crippen molar-refractivity contribution in [2.24, 2.45) is 0 Å². The lowest BCUT2D eigenvalue weighted by atomic mass is 10.2. The van der Waals surface area contributed by atoms with Crippen LogP contribution >= 0.6 is 15.9 Å². The predicted molar refractivity (Wildman–Crippen MR) is 87.8 cm³/mol. The van der Waals surface area contributed by atoms with E-state index in [9.17, 15) is 9.59 Å². The van der Waals surface area contributed by atoms with E-state index in [1.54, 1.807) is 24.3 Å². The Hall–Kier alpha value is -2.40. The third kappa shape index (κ3) is 3.09. The minimum absolute atomic E-state index is 0.146. The molecule has 0 fully saturated rings. The maximum absolute atomic E-state index is 12.1. The number of carbonyl (C=O) groups is 1. The minimum atomic E-state index is -0.553. The summed E-state index contributed by atoms with van der Waals surface area (Å²) in [7, 11) is 0. The van der Waals surface area contributed by atoms with Gasteiger partial charge in [0.2, 0.25) is 0 Å². The van der Waals surface area contributed by atoms with Crippen LogP contribution in [0.3, 0.4) is 0 Å². The van der Waals surface area contributed by atoms with Crippen molar-refractivity contribution in [2.75, 3.05) is 0 Å². The Bertz CT molecular complexity index is 902. The van der Waals surface area contributed by atoms with Crippen LogP contribution in [-0.2, 0) is 11.3 Å². The summed E-state index contributed by atoms with van der Waals surface area (Å²) in [6, 6.07) is 15.8. The number of aromatic amines is 1. The lowest BCUT2D eigenvalue weighted by Crippen LogP contribution is -2.12. The monoisotopic (exact) mass is 357 g/mol. The zero-order valence-corrected chi connectivity index (χ0v) is 13.1. The van der Waals surface area contributed by atoms with Gasteiger partial charge in [-0.3, -0.25) is 4.79 Å². The second kappa shape index (κ2) is 6.15. The molecule has 1 N–H and O–H groups in total. The first-order valence-corrected chi connectivity index (χ1v) is 7.46. The first kappa shape index (κ1) is 14.5. The van der Waals surface area contributed by atoms with E-state index in [2.05, 4.69) is 20.9 Å². The number of nitrogens with one attached hydrogen (secondary N) is 1. The van der Waals surface area contributed by atoms with Crippen molar-refractivity contribution in [1.29, 1.82) is 0 Å². The van der Waals surface area contributed by atoms with Gasteiger partial charge in [0.15, 0.2) is 5.43 Å². The van der Waals surface area contributed by atoms with Gasteiger partial charge in [0.05, 0.1) is 0 Å². The molecule has 1 heterocycles. The number of para-hydroxylation sites is 1. The Balaban J connectivity index is 1.82. The van der Waals surface area contributed by atoms with Crippen LogP contribution in [0, 0.1) is 0 Å². The number of H-pyrrole nitrogens is 1. The van der Waals surface area contributed by atoms with E-state index in [0.717, 1.165) is 10.0 Å². The van der Waals surface area contributed by atoms with Gasteiger partial charge in [-0.05, 0) is 29.8 Å². The van der Waals surface area contributed by atoms with Gasteiger partial charge in [-0.1, -0.05) is 40.2 Å². The number of rotatable bonds is 3. The summed E-state index contributed by atoms with van der Waals surface area (Å²) in [5.41, 5.74) is 1.43. The van der Waals surface area contributed by atoms with Crippen molar-refractivity contribution < 1.29 is 9.53 Å². The highest BCUT2D eigenvalue weighted by Crippen LogP contribution is 2.13. The largest absolute Gasteiger partial charge is 0.456 e. The molecule has 0 saturated carbocycles. The molecule has 22 heavy (non-hydrogen) atoms. The van der Waals surface area contributed by atoms with E-state index in [1.165, 1.54) is 6.07 Å². The van der Waals surface area contributed by atoms with Gasteiger partial charge in [-0.2, -0.15) is 0 Å². The van der Waals surface area contributed by atoms with Gasteiger partial charge in [0.25, 0.3) is 0 Å². The van der Waals surface area contributed by atoms with Crippen molar-refractivity contribution >= 4 is 32.8 Å². The van der Waals surface area contributed by atoms with Crippen LogP contribution in [0.4, 0.5) is 0 Å². The number of halogens is 1. The number of benzene rings is 2. The Morgan fingerprint density at radius 2 is 1.91 bits per heavy atom. The third-order valence-corrected chi connectivity index (χ3v) is 3.71. The van der Waals surface area contributed by atoms with Crippen molar-refractivity contribution in [3.8, 4) is 0 Å². The number of ether oxygens (including phenoxy) is 1. The molecule has 2 aromatic carbocycles. The van der Waals surface area contributed by atoms with Crippen molar-refractivity contribution in [3.05, 3.63) is 80.6 Å². The second-order valence-corrected chi connectivity index (χ2v) is 5.71. The van der Waals surface area contributed by atoms with Gasteiger partial charge < -0.3 is 9.72 Å². The molecule has 0 saturated heterocycles. The first-order chi connectivity index (χ1) is 10.6. The van der Waals surface area contributed by atoms with Gasteiger partial charge in [-0.25, -0.2) is 4.79 Å². The van der Waals surface area contributed by atoms with E-state index in [0.29, 0.717) is 10.9 Å². The van der Waals surface area contributed by atoms with E-state index in [1.807, 2.05) is 24.3 Å². The summed E-state index contributed by atoms with van der Waals surface area (Å²) in [4.78, 5) is 27.0. The van der Waals surface area contributed by atoms with E-state index in [4.69, 9.17) is 4.74 Å². The molecule has 0 amide bonds. The molecule has 0 aliphatic carbocycles. The molecule has 0 radical (unpaired) electrons. The zero-order valence-electron chi connectivity index (χ0n) is 11.5. The molecule has 5 heteroatoms. The molecular weight excluding hydrogens is 346 g/mol. The first-order valence-electron chi connectivity index (χ1n) is 6.67. The fourth-order valence-electron chi connectivity index (χ4n) is 2.16. The number of pyridine rings is 1. The summed E-state index contributed by atoms with van der Waals surface area (Å²) < 4.78 is 6.16. The molecule has 4 nitrogen and oxygen atoms in total. The summed E-state index contributed by atoms with van der Waals surface area (Å²) in [6.07, 6.45) is 0. The Labute approximate surface area is 134 Å². The van der Waals surface area contributed by atoms with Gasteiger partial charge >= 0.3 is 5.97 Å². The van der Waals surface area contributed by atoms with Crippen LogP contribution < -0.4 is 5.43 Å². The number of carbonyl (C=O) groups excluding carboxylic acids is 1. The van der Waals surface area contributed by atoms with E-state index < -0.39 is 5.97 Å². The molecule has 0 spiro atoms. The smallest absolute Gasteiger partial charge is 0.355 e. The summed E-state index contributed by atoms with van der Waals surface area (Å²) in [5, 5.41) is 0.547. The molecule has 3 rings (SSSR count). The molecule has 0 aliphatic heterocycles. The van der Waals surface area contributed by atoms with Gasteiger partial charge in [0, 0.05) is 21.4 Å². The summed E-state index contributed by atoms with van der Waals surface area (Å²) >= 11 is 3.36. The van der Waals surface area contributed by atoms with Crippen LogP contribution in [0.2, 0.25) is 0 Å². The standard InChI is InChI=1S/C17H12BrNO3/c18-12-5-3-4-11(8-12)10-22-17(21)15-9-16(20)13-6-1-2-7-14(13)19-15/h1-9H,10H2,(H,19,20). The quantitative estimate of drug-likeness (QED) is 0.727. The molecule has 110 valence electrons. The fourth-order valence-corrected chi connectivity index (χ4v) is 2.61. The molecule has 1 aromatic heterocycles. The minimum Gasteiger partial charge on any atom is -0.456 e. The number of hydrogen-bond donors (Lipinski definition) is 1. The number of esters is 1. The van der Waals surface area contributed by atoms with Crippen LogP contribution in [0.15, 0.2) is 63.9 Å². The van der Waals surface area contributed by atoms with Crippen LogP contribution in [-0.4, -0.2) is 11.0 Å². The number of aromatic nitrogens is 1. The molecule has 3 aromatic rings. The highest BCUT2D eigenvalue weighted by atomic mass is 79.9. The van der Waals surface area contributed by atoms with Crippen molar-refractivity contribution in [1.82, 2.24) is 4.98 Å². The molecule has 0 unspecified atom stereocenters. The Kier molecular flexibility index (Phi) is 4.06. The molecule has 0 aliphatic rings. The number of hydrogen-bond acceptors (Lipinski definition) is 3. The maximum atomic E-state index is 12.1. The van der Waals surface area contributed by atoms with E-state index in [-0.39, 0.29) is 17.7 Å². The predicted octanol–water partition coefficient (Wildman–Crippen LogP) is 3.65. The maximum Gasteiger partial charge on any atom is 0.355 e. The van der Waals surface area contributed by atoms with Crippen LogP contribution in [0.25, 0.3) is 10.9 Å². The second-order valence-electron chi connectivity index (χ2n) is 4.80. The average Bonchev–Trinajstić information content (AvgIpc) is 2.52. The SMILES string of the molecule is O=C(OCc1cccc(Br)c1)c1cc(=O)c2ccccc2[nH]1. The highest BCUT2D eigenvalue weighted by molar-refractivity contribution is 9.10. The highest BCUT2D eigenvalue weighted by Gasteiger charge is 2.11. The lowest BCUT2D eigenvalue weighted by Gasteiger charge is -2.06. The lowest BCUT2D eigenvalue weighted by molar-refractivity contribution is 0.0466. The summed E-state index contributed by atoms with van der Waals surface area (Å²) in [6.45, 7) is 0.146. The van der Waals surface area contributed by atoms with Gasteiger partial charge in [-0.15, -0.1) is 0 Å². The van der Waals surface area contributed by atoms with E-state index >= 15 is 0 Å².